The Morgan fingerprint density at radius 3 is 1.16 bits per heavy atom. The molecule has 14 rings (SSSR count). The second kappa shape index (κ2) is 47.8. The number of benzene rings is 1. The Hall–Kier alpha value is -10.1. The lowest BCUT2D eigenvalue weighted by atomic mass is 10.1. The van der Waals surface area contributed by atoms with Crippen LogP contribution < -0.4 is 0 Å². The predicted octanol–water partition coefficient (Wildman–Crippen LogP) is 22.9. The fourth-order valence-electron chi connectivity index (χ4n) is 9.29. The zero-order valence-corrected chi connectivity index (χ0v) is 64.4. The van der Waals surface area contributed by atoms with Gasteiger partial charge in [0.15, 0.2) is 0 Å². The van der Waals surface area contributed by atoms with E-state index in [4.69, 9.17) is 0 Å². The van der Waals surface area contributed by atoms with Crippen LogP contribution >= 0.6 is 0 Å². The first-order valence-corrected chi connectivity index (χ1v) is 34.7. The van der Waals surface area contributed by atoms with Crippen molar-refractivity contribution in [1.82, 2.24) is 69.8 Å². The maximum absolute atomic E-state index is 4.40. The number of hydrogen-bond donors (Lipinski definition) is 0. The van der Waals surface area contributed by atoms with E-state index in [9.17, 15) is 0 Å². The van der Waals surface area contributed by atoms with E-state index in [1.165, 1.54) is 60.5 Å². The van der Waals surface area contributed by atoms with Gasteiger partial charge in [-0.15, -0.1) is 0 Å². The molecule has 98 heavy (non-hydrogen) atoms. The molecule has 0 aliphatic carbocycles. The van der Waals surface area contributed by atoms with Crippen LogP contribution in [0.25, 0.3) is 76.1 Å². The highest BCUT2D eigenvalue weighted by atomic mass is 14.8. The topological polar surface area (TPSA) is 180 Å². The summed E-state index contributed by atoms with van der Waals surface area (Å²) in [7, 11) is 0. The molecule has 14 heteroatoms. The molecule has 0 fully saturated rings. The summed E-state index contributed by atoms with van der Waals surface area (Å²) in [4.78, 5) is 59.0. The Morgan fingerprint density at radius 2 is 0.633 bits per heavy atom. The summed E-state index contributed by atoms with van der Waals surface area (Å²) in [5.74, 6) is 0. The molecule has 14 nitrogen and oxygen atoms in total. The summed E-state index contributed by atoms with van der Waals surface area (Å²) in [6.07, 6.45) is 29.4. The normalized spacial score (nSPS) is 9.43. The molecule has 0 saturated heterocycles. The van der Waals surface area contributed by atoms with Gasteiger partial charge in [0.25, 0.3) is 0 Å². The third kappa shape index (κ3) is 25.8. The van der Waals surface area contributed by atoms with Gasteiger partial charge in [0.1, 0.15) is 6.33 Å². The van der Waals surface area contributed by atoms with Gasteiger partial charge in [0.2, 0.25) is 0 Å². The maximum Gasteiger partial charge on any atom is 0.116 e. The summed E-state index contributed by atoms with van der Waals surface area (Å²) in [6, 6.07) is 24.3. The number of hydrogen-bond acceptors (Lipinski definition) is 14. The van der Waals surface area contributed by atoms with E-state index in [0.717, 1.165) is 94.2 Å². The number of aryl methyl sites for hydroxylation is 14. The smallest absolute Gasteiger partial charge is 0.116 e. The van der Waals surface area contributed by atoms with E-state index in [0.29, 0.717) is 0 Å². The van der Waals surface area contributed by atoms with Gasteiger partial charge < -0.3 is 0 Å². The average molecular weight is 1320 g/mol. The minimum atomic E-state index is 1.01. The van der Waals surface area contributed by atoms with E-state index >= 15 is 0 Å². The molecule has 0 amide bonds. The molecule has 518 valence electrons. The fraction of sp³-hybridized carbons (Fsp3) is 0.333. The van der Waals surface area contributed by atoms with Crippen molar-refractivity contribution in [3.8, 4) is 0 Å². The number of nitrogens with zero attached hydrogens (tertiary/aromatic N) is 14. The maximum atomic E-state index is 4.40. The molecule has 0 spiro atoms. The summed E-state index contributed by atoms with van der Waals surface area (Å²) in [6.45, 7) is 56.4. The summed E-state index contributed by atoms with van der Waals surface area (Å²) in [5, 5.41) is 10.6. The molecule has 0 saturated carbocycles. The first-order valence-electron chi connectivity index (χ1n) is 34.7. The number of pyridine rings is 12. The van der Waals surface area contributed by atoms with Crippen LogP contribution in [0.15, 0.2) is 172 Å². The van der Waals surface area contributed by atoms with Crippen LogP contribution in [-0.4, -0.2) is 69.8 Å². The van der Waals surface area contributed by atoms with Crippen LogP contribution in [0.5, 0.6) is 0 Å². The standard InChI is InChI=1S/7C10H10N2.7C2H6/c1-7-3-11-6-10-8(2)4-12-5-9(7)10;1-7-3-5-12-10-8(2)4-6-11-9(7)10;1-7-5-11-6-10-8(2)12-4-3-9(7)10;1-7-5-9-3-4-11-8(2)10(9)6-12-7;1-7-3-4-12-10-8(2)5-11-6-9(7)10;1-7-3-4-9-8(2)11-6-12-10(9)5-7;1-7-3-4-9-8(2)11-6-5-10(9)12-7;7*1-2/h7*3-6H,1-2H3;7*1-2H3. The second-order valence-electron chi connectivity index (χ2n) is 20.7. The van der Waals surface area contributed by atoms with Gasteiger partial charge in [-0.2, -0.15) is 0 Å². The fourth-order valence-corrected chi connectivity index (χ4v) is 9.29. The summed E-state index contributed by atoms with van der Waals surface area (Å²) < 4.78 is 0. The van der Waals surface area contributed by atoms with Gasteiger partial charge in [-0.25, -0.2) is 9.97 Å². The van der Waals surface area contributed by atoms with Gasteiger partial charge in [-0.05, 0) is 213 Å². The van der Waals surface area contributed by atoms with Crippen LogP contribution in [0.3, 0.4) is 0 Å². The van der Waals surface area contributed by atoms with E-state index in [1.54, 1.807) is 12.5 Å². The van der Waals surface area contributed by atoms with Crippen molar-refractivity contribution in [2.75, 3.05) is 0 Å². The van der Waals surface area contributed by atoms with Crippen molar-refractivity contribution in [3.63, 3.8) is 0 Å². The molecule has 0 N–H and O–H groups in total. The Bertz CT molecular complexity index is 3890. The van der Waals surface area contributed by atoms with Crippen LogP contribution in [0, 0.1) is 96.9 Å². The Morgan fingerprint density at radius 1 is 0.224 bits per heavy atom. The van der Waals surface area contributed by atoms with Crippen molar-refractivity contribution in [2.45, 2.75) is 194 Å². The molecule has 0 aliphatic heterocycles. The van der Waals surface area contributed by atoms with Crippen molar-refractivity contribution in [2.24, 2.45) is 0 Å². The van der Waals surface area contributed by atoms with Crippen LogP contribution in [0.1, 0.15) is 176 Å². The molecule has 0 bridgehead atoms. The molecule has 0 aliphatic rings. The molecule has 13 aromatic heterocycles. The highest BCUT2D eigenvalue weighted by molar-refractivity contribution is 5.88. The Balaban J connectivity index is 0.000000554. The van der Waals surface area contributed by atoms with Crippen LogP contribution in [-0.2, 0) is 0 Å². The zero-order chi connectivity index (χ0) is 73.9. The second-order valence-corrected chi connectivity index (χ2v) is 20.7. The van der Waals surface area contributed by atoms with Crippen molar-refractivity contribution >= 4 is 76.1 Å². The molecular weight excluding hydrogens is 1210 g/mol. The first kappa shape index (κ1) is 85.9. The first-order chi connectivity index (χ1) is 47.5. The van der Waals surface area contributed by atoms with Crippen molar-refractivity contribution < 1.29 is 0 Å². The Kier molecular flexibility index (Phi) is 41.9. The van der Waals surface area contributed by atoms with E-state index in [2.05, 4.69) is 149 Å². The molecule has 0 unspecified atom stereocenters. The minimum Gasteiger partial charge on any atom is -0.264 e. The molecule has 13 heterocycles. The molecule has 14 aromatic rings. The zero-order valence-electron chi connectivity index (χ0n) is 64.4. The van der Waals surface area contributed by atoms with Crippen molar-refractivity contribution in [1.29, 1.82) is 0 Å². The van der Waals surface area contributed by atoms with Gasteiger partial charge in [-0.1, -0.05) is 109 Å². The highest BCUT2D eigenvalue weighted by Gasteiger charge is 2.05. The van der Waals surface area contributed by atoms with Gasteiger partial charge >= 0.3 is 0 Å². The van der Waals surface area contributed by atoms with Crippen molar-refractivity contribution in [3.05, 3.63) is 251 Å². The third-order valence-corrected chi connectivity index (χ3v) is 14.2. The average Bonchev–Trinajstić information content (AvgIpc) is 0.889. The molecule has 0 atom stereocenters. The highest BCUT2D eigenvalue weighted by Crippen LogP contribution is 2.22. The van der Waals surface area contributed by atoms with E-state index in [-0.39, 0.29) is 0 Å². The monoisotopic (exact) mass is 1320 g/mol. The SMILES string of the molecule is CC.CC.CC.CC.CC.CC.CC.Cc1cc2ccnc(C)c2cn1.Cc1ccc2c(C)nccc2n1.Cc1ccc2c(C)ncnc2c1.Cc1ccnc2c(C)ccnc12.Cc1ccnc2c(C)cncc12.Cc1cncc2c(C)cncc12.Cc1cncc2c(C)nccc12. The number of rotatable bonds is 0. The third-order valence-electron chi connectivity index (χ3n) is 14.2. The Labute approximate surface area is 587 Å². The molecular formula is C84H112N14. The summed E-state index contributed by atoms with van der Waals surface area (Å²) >= 11 is 0. The molecule has 0 radical (unpaired) electrons. The lowest BCUT2D eigenvalue weighted by Gasteiger charge is -2.01. The minimum absolute atomic E-state index is 1.01. The predicted molar refractivity (Wildman–Crippen MR) is 423 cm³/mol. The lowest BCUT2D eigenvalue weighted by molar-refractivity contribution is 1.15. The number of fused-ring (bicyclic) bond motifs is 7. The van der Waals surface area contributed by atoms with Gasteiger partial charge in [0, 0.05) is 165 Å². The lowest BCUT2D eigenvalue weighted by Crippen LogP contribution is -1.88. The van der Waals surface area contributed by atoms with Gasteiger partial charge in [-0.3, -0.25) is 59.8 Å². The van der Waals surface area contributed by atoms with E-state index in [1.807, 2.05) is 275 Å². The largest absolute Gasteiger partial charge is 0.264 e. The molecule has 1 aromatic carbocycles. The van der Waals surface area contributed by atoms with E-state index < -0.39 is 0 Å². The summed E-state index contributed by atoms with van der Waals surface area (Å²) in [5.41, 5.74) is 21.0. The van der Waals surface area contributed by atoms with Crippen LogP contribution in [0.2, 0.25) is 0 Å². The quantitative estimate of drug-likeness (QED) is 0.140. The number of aromatic nitrogens is 14. The van der Waals surface area contributed by atoms with Gasteiger partial charge in [0.05, 0.1) is 27.6 Å². The van der Waals surface area contributed by atoms with Crippen LogP contribution in [0.4, 0.5) is 0 Å².